The predicted octanol–water partition coefficient (Wildman–Crippen LogP) is 0.933. The minimum Gasteiger partial charge on any atom is -0.480 e. The first-order valence-corrected chi connectivity index (χ1v) is 5.04. The van der Waals surface area contributed by atoms with E-state index in [9.17, 15) is 22.8 Å². The molecule has 0 aliphatic heterocycles. The molecule has 1 rings (SSSR count). The molecular formula is C11H10F3NO4. The van der Waals surface area contributed by atoms with E-state index in [2.05, 4.69) is 4.74 Å². The highest BCUT2D eigenvalue weighted by atomic mass is 19.1. The third-order valence-electron chi connectivity index (χ3n) is 2.17. The Kier molecular flexibility index (Phi) is 4.87. The molecule has 0 aromatic heterocycles. The van der Waals surface area contributed by atoms with Gasteiger partial charge in [0.25, 0.3) is 5.91 Å². The SMILES string of the molecule is COCC(NC(=O)c1c(F)cc(F)cc1F)C(=O)O. The number of hydrogen-bond acceptors (Lipinski definition) is 3. The summed E-state index contributed by atoms with van der Waals surface area (Å²) in [6.45, 7) is -0.383. The van der Waals surface area contributed by atoms with Gasteiger partial charge in [0, 0.05) is 19.2 Å². The van der Waals surface area contributed by atoms with Crippen LogP contribution >= 0.6 is 0 Å². The van der Waals surface area contributed by atoms with E-state index in [-0.39, 0.29) is 6.61 Å². The number of nitrogens with one attached hydrogen (secondary N) is 1. The lowest BCUT2D eigenvalue weighted by Crippen LogP contribution is -2.44. The van der Waals surface area contributed by atoms with Crippen LogP contribution in [0.5, 0.6) is 0 Å². The van der Waals surface area contributed by atoms with Crippen molar-refractivity contribution < 1.29 is 32.6 Å². The van der Waals surface area contributed by atoms with Gasteiger partial charge in [-0.05, 0) is 0 Å². The van der Waals surface area contributed by atoms with Crippen LogP contribution in [0.25, 0.3) is 0 Å². The van der Waals surface area contributed by atoms with Crippen molar-refractivity contribution in [2.24, 2.45) is 0 Å². The molecule has 1 atom stereocenters. The van der Waals surface area contributed by atoms with Crippen LogP contribution in [-0.2, 0) is 9.53 Å². The third-order valence-corrected chi connectivity index (χ3v) is 2.17. The quantitative estimate of drug-likeness (QED) is 0.839. The summed E-state index contributed by atoms with van der Waals surface area (Å²) in [4.78, 5) is 22.3. The molecule has 2 N–H and O–H groups in total. The van der Waals surface area contributed by atoms with E-state index in [1.165, 1.54) is 7.11 Å². The minimum atomic E-state index is -1.47. The van der Waals surface area contributed by atoms with Crippen molar-refractivity contribution in [2.75, 3.05) is 13.7 Å². The van der Waals surface area contributed by atoms with Crippen LogP contribution in [0.3, 0.4) is 0 Å². The minimum absolute atomic E-state index is 0.323. The number of ether oxygens (including phenoxy) is 1. The van der Waals surface area contributed by atoms with Gasteiger partial charge in [0.1, 0.15) is 23.0 Å². The second-order valence-corrected chi connectivity index (χ2v) is 3.56. The van der Waals surface area contributed by atoms with E-state index in [1.54, 1.807) is 0 Å². The standard InChI is InChI=1S/C11H10F3NO4/c1-19-4-8(11(17)18)15-10(16)9-6(13)2-5(12)3-7(9)14/h2-3,8H,4H2,1H3,(H,15,16)(H,17,18). The number of aliphatic carboxylic acids is 1. The normalized spacial score (nSPS) is 12.0. The first-order chi connectivity index (χ1) is 8.86. The summed E-state index contributed by atoms with van der Waals surface area (Å²) in [5.74, 6) is -6.76. The number of carbonyl (C=O) groups is 2. The summed E-state index contributed by atoms with van der Waals surface area (Å²) >= 11 is 0. The number of benzene rings is 1. The van der Waals surface area contributed by atoms with Gasteiger partial charge in [0.2, 0.25) is 0 Å². The van der Waals surface area contributed by atoms with Crippen LogP contribution < -0.4 is 5.32 Å². The Morgan fingerprint density at radius 1 is 1.32 bits per heavy atom. The molecule has 0 saturated heterocycles. The number of carbonyl (C=O) groups excluding carboxylic acids is 1. The van der Waals surface area contributed by atoms with E-state index in [0.29, 0.717) is 12.1 Å². The molecule has 5 nitrogen and oxygen atoms in total. The van der Waals surface area contributed by atoms with Gasteiger partial charge < -0.3 is 15.2 Å². The van der Waals surface area contributed by atoms with Crippen LogP contribution in [-0.4, -0.2) is 36.7 Å². The lowest BCUT2D eigenvalue weighted by molar-refractivity contribution is -0.140. The maximum atomic E-state index is 13.3. The predicted molar refractivity (Wildman–Crippen MR) is 57.1 cm³/mol. The van der Waals surface area contributed by atoms with E-state index < -0.39 is 40.9 Å². The van der Waals surface area contributed by atoms with Crippen molar-refractivity contribution in [3.8, 4) is 0 Å². The Bertz CT molecular complexity index is 484. The Morgan fingerprint density at radius 2 is 1.84 bits per heavy atom. The fourth-order valence-corrected chi connectivity index (χ4v) is 1.33. The summed E-state index contributed by atoms with van der Waals surface area (Å²) in [5.41, 5.74) is -1.05. The Labute approximate surface area is 106 Å². The Balaban J connectivity index is 2.98. The van der Waals surface area contributed by atoms with Crippen LogP contribution in [0.15, 0.2) is 12.1 Å². The lowest BCUT2D eigenvalue weighted by atomic mass is 10.1. The number of rotatable bonds is 5. The molecule has 8 heteroatoms. The Morgan fingerprint density at radius 3 is 2.26 bits per heavy atom. The molecule has 0 aliphatic carbocycles. The summed E-state index contributed by atoms with van der Waals surface area (Å²) in [7, 11) is 1.20. The molecule has 0 aliphatic rings. The second-order valence-electron chi connectivity index (χ2n) is 3.56. The van der Waals surface area contributed by atoms with Gasteiger partial charge >= 0.3 is 5.97 Å². The molecule has 0 fully saturated rings. The van der Waals surface area contributed by atoms with Gasteiger partial charge in [-0.2, -0.15) is 0 Å². The number of carboxylic acids is 1. The van der Waals surface area contributed by atoms with E-state index in [0.717, 1.165) is 0 Å². The van der Waals surface area contributed by atoms with Gasteiger partial charge in [-0.25, -0.2) is 18.0 Å². The monoisotopic (exact) mass is 277 g/mol. The van der Waals surface area contributed by atoms with Crippen molar-refractivity contribution >= 4 is 11.9 Å². The molecule has 0 spiro atoms. The zero-order chi connectivity index (χ0) is 14.6. The highest BCUT2D eigenvalue weighted by molar-refractivity contribution is 5.97. The smallest absolute Gasteiger partial charge is 0.328 e. The van der Waals surface area contributed by atoms with Gasteiger partial charge in [0.05, 0.1) is 6.61 Å². The van der Waals surface area contributed by atoms with Crippen molar-refractivity contribution in [3.63, 3.8) is 0 Å². The molecule has 1 aromatic carbocycles. The second kappa shape index (κ2) is 6.19. The number of halogens is 3. The maximum absolute atomic E-state index is 13.3. The molecular weight excluding hydrogens is 267 g/mol. The molecule has 1 amide bonds. The van der Waals surface area contributed by atoms with Crippen LogP contribution in [0.2, 0.25) is 0 Å². The highest BCUT2D eigenvalue weighted by Crippen LogP contribution is 2.14. The molecule has 1 aromatic rings. The van der Waals surface area contributed by atoms with E-state index in [4.69, 9.17) is 5.11 Å². The van der Waals surface area contributed by atoms with E-state index >= 15 is 0 Å². The van der Waals surface area contributed by atoms with Crippen molar-refractivity contribution in [1.29, 1.82) is 0 Å². The molecule has 1 unspecified atom stereocenters. The molecule has 0 saturated carbocycles. The first-order valence-electron chi connectivity index (χ1n) is 5.04. The molecule has 19 heavy (non-hydrogen) atoms. The van der Waals surface area contributed by atoms with Gasteiger partial charge in [-0.15, -0.1) is 0 Å². The van der Waals surface area contributed by atoms with Gasteiger partial charge in [0.15, 0.2) is 6.04 Å². The summed E-state index contributed by atoms with van der Waals surface area (Å²) in [6, 6.07) is -0.824. The largest absolute Gasteiger partial charge is 0.480 e. The average molecular weight is 277 g/mol. The number of hydrogen-bond donors (Lipinski definition) is 2. The summed E-state index contributed by atoms with van der Waals surface area (Å²) in [5, 5.41) is 10.6. The number of carboxylic acid groups (broad SMARTS) is 1. The lowest BCUT2D eigenvalue weighted by Gasteiger charge is -2.14. The van der Waals surface area contributed by atoms with Crippen molar-refractivity contribution in [1.82, 2.24) is 5.32 Å². The number of methoxy groups -OCH3 is 1. The van der Waals surface area contributed by atoms with Gasteiger partial charge in [-0.1, -0.05) is 0 Å². The zero-order valence-corrected chi connectivity index (χ0v) is 9.75. The van der Waals surface area contributed by atoms with Gasteiger partial charge in [-0.3, -0.25) is 4.79 Å². The summed E-state index contributed by atoms with van der Waals surface area (Å²) in [6.07, 6.45) is 0. The third kappa shape index (κ3) is 3.68. The maximum Gasteiger partial charge on any atom is 0.328 e. The van der Waals surface area contributed by atoms with Crippen LogP contribution in [0, 0.1) is 17.5 Å². The topological polar surface area (TPSA) is 75.6 Å². The van der Waals surface area contributed by atoms with Crippen LogP contribution in [0.4, 0.5) is 13.2 Å². The summed E-state index contributed by atoms with van der Waals surface area (Å²) < 4.78 is 43.8. The fraction of sp³-hybridized carbons (Fsp3) is 0.273. The number of amides is 1. The van der Waals surface area contributed by atoms with Crippen molar-refractivity contribution in [3.05, 3.63) is 35.1 Å². The average Bonchev–Trinajstić information content (AvgIpc) is 2.26. The molecule has 0 heterocycles. The zero-order valence-electron chi connectivity index (χ0n) is 9.75. The fourth-order valence-electron chi connectivity index (χ4n) is 1.33. The van der Waals surface area contributed by atoms with Crippen molar-refractivity contribution in [2.45, 2.75) is 6.04 Å². The molecule has 0 bridgehead atoms. The molecule has 104 valence electrons. The Hall–Kier alpha value is -2.09. The van der Waals surface area contributed by atoms with E-state index in [1.807, 2.05) is 5.32 Å². The van der Waals surface area contributed by atoms with Crippen LogP contribution in [0.1, 0.15) is 10.4 Å². The molecule has 0 radical (unpaired) electrons. The highest BCUT2D eigenvalue weighted by Gasteiger charge is 2.25. The first kappa shape index (κ1) is 15.0.